The van der Waals surface area contributed by atoms with Crippen molar-refractivity contribution in [2.24, 2.45) is 17.8 Å². The molecule has 2 saturated heterocycles. The van der Waals surface area contributed by atoms with Crippen LogP contribution in [0.3, 0.4) is 0 Å². The molecule has 0 aliphatic carbocycles. The Morgan fingerprint density at radius 2 is 1.82 bits per heavy atom. The number of carbonyl (C=O) groups excluding carboxylic acids is 3. The van der Waals surface area contributed by atoms with E-state index in [0.29, 0.717) is 37.9 Å². The molecule has 0 bridgehead atoms. The summed E-state index contributed by atoms with van der Waals surface area (Å²) in [6, 6.07) is 6.66. The Kier molecular flexibility index (Phi) is 13.5. The number of aryl methyl sites for hydroxylation is 1. The Hall–Kier alpha value is -3.47. The van der Waals surface area contributed by atoms with Crippen LogP contribution in [0.1, 0.15) is 81.1 Å². The average molecular weight is 771 g/mol. The average Bonchev–Trinajstić information content (AvgIpc) is 3.67. The van der Waals surface area contributed by atoms with Crippen LogP contribution in [0.25, 0.3) is 11.0 Å². The van der Waals surface area contributed by atoms with Crippen molar-refractivity contribution in [1.29, 1.82) is 0 Å². The minimum Gasteiger partial charge on any atom is -0.455 e. The molecule has 2 N–H and O–H groups in total. The number of para-hydroxylation sites is 1. The van der Waals surface area contributed by atoms with Crippen molar-refractivity contribution in [2.45, 2.75) is 142 Å². The molecule has 0 saturated carbocycles. The Balaban J connectivity index is 1.46. The summed E-state index contributed by atoms with van der Waals surface area (Å²) in [7, 11) is 5.39. The highest BCUT2D eigenvalue weighted by molar-refractivity contribution is 5.88. The lowest BCUT2D eigenvalue weighted by Gasteiger charge is -2.46. The number of hydrazine groups is 1. The van der Waals surface area contributed by atoms with Gasteiger partial charge in [-0.3, -0.25) is 4.79 Å². The molecule has 1 aromatic carbocycles. The zero-order chi connectivity index (χ0) is 40.4. The standard InChI is InChI=1S/C40H62N6O9/c1-12-31-40(8)34(46(38(50)55-40)41-18-15-19-45-29-17-14-13-16-28(29)42-43-45)27(6)32(47)25(4)22-39(7,51-11)35(23(2)20-24(3)36(49)53-31)54-37-33(48)30(44(9)10)21-26(5)52-37/h13-14,16-17,20,23,25-27,30-31,33-35,37,41,48H,12,15,18-19,21-22H2,1-11H3/b24-20+/t23-,25+,26+,27-,30-,31+,33+,34+,35+,37-,39-,40+/m0/s1. The quantitative estimate of drug-likeness (QED) is 0.260. The van der Waals surface area contributed by atoms with Crippen molar-refractivity contribution in [1.82, 2.24) is 30.3 Å². The van der Waals surface area contributed by atoms with Crippen LogP contribution in [-0.4, -0.2) is 130 Å². The highest BCUT2D eigenvalue weighted by Crippen LogP contribution is 2.42. The topological polar surface area (TPSA) is 167 Å². The maximum Gasteiger partial charge on any atom is 0.425 e. The minimum absolute atomic E-state index is 0.120. The van der Waals surface area contributed by atoms with Gasteiger partial charge in [-0.15, -0.1) is 5.10 Å². The molecule has 3 aliphatic rings. The molecule has 4 heterocycles. The van der Waals surface area contributed by atoms with Gasteiger partial charge in [-0.05, 0) is 79.6 Å². The summed E-state index contributed by atoms with van der Waals surface area (Å²) in [5.74, 6) is -2.48. The zero-order valence-electron chi connectivity index (χ0n) is 34.4. The molecule has 55 heavy (non-hydrogen) atoms. The largest absolute Gasteiger partial charge is 0.455 e. The Morgan fingerprint density at radius 1 is 1.11 bits per heavy atom. The van der Waals surface area contributed by atoms with E-state index in [9.17, 15) is 19.5 Å². The normalized spacial score (nSPS) is 37.7. The van der Waals surface area contributed by atoms with Gasteiger partial charge in [0.2, 0.25) is 0 Å². The number of ketones is 1. The Bertz CT molecular complexity index is 1700. The number of cyclic esters (lactones) is 1. The monoisotopic (exact) mass is 770 g/mol. The van der Waals surface area contributed by atoms with Gasteiger partial charge < -0.3 is 33.7 Å². The number of methoxy groups -OCH3 is 1. The second-order valence-corrected chi connectivity index (χ2v) is 16.4. The van der Waals surface area contributed by atoms with Crippen molar-refractivity contribution in [3.05, 3.63) is 35.9 Å². The van der Waals surface area contributed by atoms with Gasteiger partial charge in [0.05, 0.1) is 23.3 Å². The first-order valence-corrected chi connectivity index (χ1v) is 19.6. The summed E-state index contributed by atoms with van der Waals surface area (Å²) in [6.07, 6.45) is -0.870. The Morgan fingerprint density at radius 3 is 2.49 bits per heavy atom. The van der Waals surface area contributed by atoms with E-state index in [1.165, 1.54) is 5.01 Å². The molecule has 15 heteroatoms. The SMILES string of the molecule is CC[C@H]1OC(=O)/C(C)=C/[C@H](C)[C@@H](O[C@@H]2O[C@H](C)C[C@H](N(C)C)[C@H]2O)[C@@](C)(OC)C[C@@H](C)C(=O)[C@H](C)[C@H]2N(NCCCn3nnc4ccccc43)C(=O)O[C@]12C. The summed E-state index contributed by atoms with van der Waals surface area (Å²) in [5, 5.41) is 21.3. The van der Waals surface area contributed by atoms with Crippen LogP contribution in [-0.2, 0) is 39.8 Å². The molecule has 12 atom stereocenters. The number of aromatic nitrogens is 3. The van der Waals surface area contributed by atoms with Gasteiger partial charge in [0.15, 0.2) is 11.9 Å². The lowest BCUT2D eigenvalue weighted by Crippen LogP contribution is -2.60. The first-order valence-electron chi connectivity index (χ1n) is 19.6. The molecule has 3 aliphatic heterocycles. The second kappa shape index (κ2) is 17.3. The van der Waals surface area contributed by atoms with E-state index in [0.717, 1.165) is 11.0 Å². The van der Waals surface area contributed by atoms with Crippen molar-refractivity contribution in [3.63, 3.8) is 0 Å². The van der Waals surface area contributed by atoms with E-state index in [1.807, 2.05) is 82.6 Å². The van der Waals surface area contributed by atoms with Gasteiger partial charge >= 0.3 is 12.1 Å². The number of esters is 1. The Labute approximate surface area is 324 Å². The molecule has 1 aromatic heterocycles. The maximum absolute atomic E-state index is 14.6. The number of aliphatic hydroxyl groups excluding tert-OH is 1. The first kappa shape index (κ1) is 42.7. The molecule has 2 fully saturated rings. The third kappa shape index (κ3) is 8.76. The number of benzene rings is 1. The van der Waals surface area contributed by atoms with Crippen molar-refractivity contribution >= 4 is 28.9 Å². The van der Waals surface area contributed by atoms with Crippen molar-refractivity contribution < 1.29 is 43.2 Å². The molecular formula is C40H62N6O9. The number of nitrogens with zero attached hydrogens (tertiary/aromatic N) is 5. The molecule has 15 nitrogen and oxygen atoms in total. The summed E-state index contributed by atoms with van der Waals surface area (Å²) >= 11 is 0. The zero-order valence-corrected chi connectivity index (χ0v) is 34.4. The molecule has 2 aromatic rings. The highest BCUT2D eigenvalue weighted by Gasteiger charge is 2.60. The van der Waals surface area contributed by atoms with Crippen LogP contribution in [0.5, 0.6) is 0 Å². The van der Waals surface area contributed by atoms with Crippen LogP contribution in [0.15, 0.2) is 35.9 Å². The van der Waals surface area contributed by atoms with Crippen LogP contribution in [0.4, 0.5) is 4.79 Å². The second-order valence-electron chi connectivity index (χ2n) is 16.4. The van der Waals surface area contributed by atoms with Crippen LogP contribution >= 0.6 is 0 Å². The van der Waals surface area contributed by atoms with E-state index >= 15 is 0 Å². The molecular weight excluding hydrogens is 708 g/mol. The lowest BCUT2D eigenvalue weighted by molar-refractivity contribution is -0.294. The van der Waals surface area contributed by atoms with Crippen LogP contribution in [0, 0.1) is 17.8 Å². The molecule has 0 spiro atoms. The summed E-state index contributed by atoms with van der Waals surface area (Å²) in [5.41, 5.74) is 2.82. The summed E-state index contributed by atoms with van der Waals surface area (Å²) in [6.45, 7) is 15.6. The number of Topliss-reactive ketones (excluding diaryl/α,β-unsaturated/α-hetero) is 1. The molecule has 0 radical (unpaired) electrons. The van der Waals surface area contributed by atoms with Gasteiger partial charge in [0.1, 0.15) is 29.5 Å². The number of hydrogen-bond acceptors (Lipinski definition) is 13. The number of rotatable bonds is 10. The van der Waals surface area contributed by atoms with Gasteiger partial charge in [0, 0.05) is 49.6 Å². The number of amides is 1. The molecule has 5 rings (SSSR count). The van der Waals surface area contributed by atoms with E-state index < -0.39 is 71.7 Å². The number of carbonyl (C=O) groups is 3. The fourth-order valence-electron chi connectivity index (χ4n) is 8.95. The third-order valence-corrected chi connectivity index (χ3v) is 11.9. The molecule has 306 valence electrons. The fraction of sp³-hybridized carbons (Fsp3) is 0.725. The van der Waals surface area contributed by atoms with Crippen molar-refractivity contribution in [2.75, 3.05) is 27.7 Å². The summed E-state index contributed by atoms with van der Waals surface area (Å²) in [4.78, 5) is 44.2. The number of aliphatic hydroxyl groups is 1. The third-order valence-electron chi connectivity index (χ3n) is 11.9. The van der Waals surface area contributed by atoms with E-state index in [2.05, 4.69) is 15.7 Å². The first-order chi connectivity index (χ1) is 25.9. The van der Waals surface area contributed by atoms with Gasteiger partial charge in [0.25, 0.3) is 0 Å². The van der Waals surface area contributed by atoms with Gasteiger partial charge in [-0.1, -0.05) is 51.1 Å². The highest BCUT2D eigenvalue weighted by atomic mass is 16.7. The number of likely N-dealkylation sites (N-methyl/N-ethyl adjacent to an activating group) is 1. The molecule has 0 unspecified atom stereocenters. The number of hydrogen-bond donors (Lipinski definition) is 2. The van der Waals surface area contributed by atoms with E-state index in [1.54, 1.807) is 34.0 Å². The number of fused-ring (bicyclic) bond motifs is 2. The van der Waals surface area contributed by atoms with Crippen LogP contribution < -0.4 is 5.43 Å². The van der Waals surface area contributed by atoms with E-state index in [-0.39, 0.29) is 24.3 Å². The minimum atomic E-state index is -1.37. The lowest BCUT2D eigenvalue weighted by atomic mass is 9.74. The predicted octanol–water partition coefficient (Wildman–Crippen LogP) is 4.27. The number of ether oxygens (including phenoxy) is 5. The van der Waals surface area contributed by atoms with E-state index in [4.69, 9.17) is 23.7 Å². The smallest absolute Gasteiger partial charge is 0.425 e. The van der Waals surface area contributed by atoms with Gasteiger partial charge in [-0.2, -0.15) is 0 Å². The van der Waals surface area contributed by atoms with Crippen molar-refractivity contribution in [3.8, 4) is 0 Å². The fourth-order valence-corrected chi connectivity index (χ4v) is 8.95. The predicted molar refractivity (Wildman–Crippen MR) is 204 cm³/mol. The maximum atomic E-state index is 14.6. The number of nitrogens with one attached hydrogen (secondary N) is 1. The van der Waals surface area contributed by atoms with Gasteiger partial charge in [-0.25, -0.2) is 24.7 Å². The molecule has 1 amide bonds. The summed E-state index contributed by atoms with van der Waals surface area (Å²) < 4.78 is 33.2. The van der Waals surface area contributed by atoms with Crippen LogP contribution in [0.2, 0.25) is 0 Å².